The summed E-state index contributed by atoms with van der Waals surface area (Å²) in [5.74, 6) is -2.70. The van der Waals surface area contributed by atoms with Crippen LogP contribution in [0.2, 0.25) is 0 Å². The molecule has 118 valence electrons. The van der Waals surface area contributed by atoms with E-state index in [1.165, 1.54) is 12.8 Å². The van der Waals surface area contributed by atoms with Crippen molar-refractivity contribution in [3.8, 4) is 0 Å². The Balaban J connectivity index is 2.00. The molecule has 0 heterocycles. The molecule has 1 N–H and O–H groups in total. The summed E-state index contributed by atoms with van der Waals surface area (Å²) in [6.45, 7) is 4.00. The fourth-order valence-corrected chi connectivity index (χ4v) is 3.44. The number of benzene rings is 1. The molecule has 0 spiro atoms. The van der Waals surface area contributed by atoms with Crippen LogP contribution in [0, 0.1) is 22.9 Å². The second-order valence-corrected chi connectivity index (χ2v) is 6.17. The summed E-state index contributed by atoms with van der Waals surface area (Å²) < 4.78 is 39.9. The van der Waals surface area contributed by atoms with Gasteiger partial charge in [-0.2, -0.15) is 0 Å². The molecule has 0 radical (unpaired) electrons. The Labute approximate surface area is 124 Å². The van der Waals surface area contributed by atoms with Crippen LogP contribution in [0.3, 0.4) is 0 Å². The van der Waals surface area contributed by atoms with Crippen LogP contribution in [0.1, 0.15) is 51.0 Å². The molecule has 1 aromatic carbocycles. The van der Waals surface area contributed by atoms with Gasteiger partial charge >= 0.3 is 0 Å². The van der Waals surface area contributed by atoms with Crippen LogP contribution < -0.4 is 5.32 Å². The fourth-order valence-electron chi connectivity index (χ4n) is 3.44. The molecule has 4 heteroatoms. The Morgan fingerprint density at radius 3 is 2.33 bits per heavy atom. The van der Waals surface area contributed by atoms with E-state index in [0.29, 0.717) is 18.1 Å². The molecule has 0 bridgehead atoms. The largest absolute Gasteiger partial charge is 0.317 e. The molecule has 2 rings (SSSR count). The maximum absolute atomic E-state index is 13.7. The highest BCUT2D eigenvalue weighted by atomic mass is 19.2. The van der Waals surface area contributed by atoms with Crippen LogP contribution in [-0.4, -0.2) is 13.1 Å². The van der Waals surface area contributed by atoms with Gasteiger partial charge in [0, 0.05) is 6.07 Å². The molecule has 0 aliphatic heterocycles. The van der Waals surface area contributed by atoms with Gasteiger partial charge in [0.2, 0.25) is 0 Å². The minimum Gasteiger partial charge on any atom is -0.317 e. The van der Waals surface area contributed by atoms with Gasteiger partial charge in [-0.25, -0.2) is 13.2 Å². The lowest BCUT2D eigenvalue weighted by Crippen LogP contribution is -2.25. The fraction of sp³-hybridized carbons (Fsp3) is 0.647. The molecule has 1 aliphatic rings. The average molecular weight is 299 g/mol. The Morgan fingerprint density at radius 2 is 1.67 bits per heavy atom. The summed E-state index contributed by atoms with van der Waals surface area (Å²) in [6, 6.07) is 1.67. The first kappa shape index (κ1) is 16.3. The van der Waals surface area contributed by atoms with Crippen molar-refractivity contribution >= 4 is 0 Å². The molecule has 1 aromatic rings. The zero-order valence-corrected chi connectivity index (χ0v) is 12.7. The van der Waals surface area contributed by atoms with Gasteiger partial charge < -0.3 is 5.32 Å². The topological polar surface area (TPSA) is 12.0 Å². The molecule has 1 fully saturated rings. The molecule has 1 nitrogen and oxygen atoms in total. The van der Waals surface area contributed by atoms with E-state index in [1.54, 1.807) is 0 Å². The van der Waals surface area contributed by atoms with Crippen molar-refractivity contribution in [2.45, 2.75) is 51.9 Å². The molecular weight excluding hydrogens is 275 g/mol. The van der Waals surface area contributed by atoms with Crippen molar-refractivity contribution in [1.29, 1.82) is 0 Å². The quantitative estimate of drug-likeness (QED) is 0.573. The third-order valence-corrected chi connectivity index (χ3v) is 4.76. The predicted molar refractivity (Wildman–Crippen MR) is 78.7 cm³/mol. The highest BCUT2D eigenvalue weighted by Crippen LogP contribution is 2.44. The van der Waals surface area contributed by atoms with Crippen molar-refractivity contribution in [2.24, 2.45) is 5.41 Å². The van der Waals surface area contributed by atoms with Gasteiger partial charge in [0.1, 0.15) is 5.82 Å². The van der Waals surface area contributed by atoms with Crippen LogP contribution in [0.15, 0.2) is 12.1 Å². The molecular formula is C17H24F3N. The molecule has 0 aromatic heterocycles. The molecule has 1 aliphatic carbocycles. The normalized spacial score (nSPS) is 17.3. The number of hydrogen-bond acceptors (Lipinski definition) is 1. The Kier molecular flexibility index (Phi) is 5.68. The highest BCUT2D eigenvalue weighted by Gasteiger charge is 2.33. The molecule has 0 amide bonds. The zero-order valence-electron chi connectivity index (χ0n) is 12.7. The van der Waals surface area contributed by atoms with Crippen molar-refractivity contribution < 1.29 is 13.2 Å². The van der Waals surface area contributed by atoms with E-state index in [2.05, 4.69) is 12.2 Å². The number of aryl methyl sites for hydroxylation is 1. The summed E-state index contributed by atoms with van der Waals surface area (Å²) in [6.07, 6.45) is 7.15. The zero-order chi connectivity index (χ0) is 15.3. The first-order valence-electron chi connectivity index (χ1n) is 7.90. The molecule has 21 heavy (non-hydrogen) atoms. The van der Waals surface area contributed by atoms with Gasteiger partial charge in [0.05, 0.1) is 0 Å². The average Bonchev–Trinajstić information content (AvgIpc) is 2.91. The minimum atomic E-state index is -1.11. The number of hydrogen-bond donors (Lipinski definition) is 1. The number of halogens is 3. The van der Waals surface area contributed by atoms with E-state index in [9.17, 15) is 13.2 Å². The summed E-state index contributed by atoms with van der Waals surface area (Å²) in [4.78, 5) is 0. The second-order valence-electron chi connectivity index (χ2n) is 6.17. The summed E-state index contributed by atoms with van der Waals surface area (Å²) >= 11 is 0. The van der Waals surface area contributed by atoms with E-state index in [-0.39, 0.29) is 5.41 Å². The third-order valence-electron chi connectivity index (χ3n) is 4.76. The van der Waals surface area contributed by atoms with Crippen LogP contribution in [0.4, 0.5) is 13.2 Å². The summed E-state index contributed by atoms with van der Waals surface area (Å²) in [5, 5.41) is 3.34. The van der Waals surface area contributed by atoms with Crippen molar-refractivity contribution in [3.05, 3.63) is 35.1 Å². The summed E-state index contributed by atoms with van der Waals surface area (Å²) in [7, 11) is 0. The molecule has 0 saturated heterocycles. The number of nitrogens with one attached hydrogen (secondary N) is 1. The lowest BCUT2D eigenvalue weighted by atomic mass is 9.77. The van der Waals surface area contributed by atoms with Gasteiger partial charge in [-0.3, -0.25) is 0 Å². The van der Waals surface area contributed by atoms with Gasteiger partial charge in [-0.15, -0.1) is 0 Å². The van der Waals surface area contributed by atoms with E-state index in [1.807, 2.05) is 0 Å². The van der Waals surface area contributed by atoms with E-state index in [4.69, 9.17) is 0 Å². The van der Waals surface area contributed by atoms with Gasteiger partial charge in [0.15, 0.2) is 11.6 Å². The van der Waals surface area contributed by atoms with Gasteiger partial charge in [-0.05, 0) is 62.2 Å². The summed E-state index contributed by atoms with van der Waals surface area (Å²) in [5.41, 5.74) is 0.531. The Bertz CT molecular complexity index is 467. The lowest BCUT2D eigenvalue weighted by molar-refractivity contribution is 0.245. The predicted octanol–water partition coefficient (Wildman–Crippen LogP) is 4.60. The van der Waals surface area contributed by atoms with Crippen LogP contribution in [0.5, 0.6) is 0 Å². The van der Waals surface area contributed by atoms with E-state index < -0.39 is 17.5 Å². The Hall–Kier alpha value is -1.03. The maximum atomic E-state index is 13.7. The van der Waals surface area contributed by atoms with Crippen molar-refractivity contribution in [3.63, 3.8) is 0 Å². The maximum Gasteiger partial charge on any atom is 0.161 e. The minimum absolute atomic E-state index is 0.236. The van der Waals surface area contributed by atoms with Crippen molar-refractivity contribution in [2.75, 3.05) is 13.1 Å². The van der Waals surface area contributed by atoms with Crippen LogP contribution in [-0.2, 0) is 6.42 Å². The van der Waals surface area contributed by atoms with Gasteiger partial charge in [0.25, 0.3) is 0 Å². The first-order chi connectivity index (χ1) is 10.1. The molecule has 0 unspecified atom stereocenters. The molecule has 1 saturated carbocycles. The monoisotopic (exact) mass is 299 g/mol. The number of rotatable bonds is 7. The highest BCUT2D eigenvalue weighted by molar-refractivity contribution is 5.20. The Morgan fingerprint density at radius 1 is 1.00 bits per heavy atom. The smallest absolute Gasteiger partial charge is 0.161 e. The van der Waals surface area contributed by atoms with E-state index >= 15 is 0 Å². The van der Waals surface area contributed by atoms with Crippen LogP contribution >= 0.6 is 0 Å². The first-order valence-corrected chi connectivity index (χ1v) is 7.90. The lowest BCUT2D eigenvalue weighted by Gasteiger charge is -2.29. The van der Waals surface area contributed by atoms with Gasteiger partial charge in [-0.1, -0.05) is 19.8 Å². The second kappa shape index (κ2) is 7.30. The third kappa shape index (κ3) is 4.22. The van der Waals surface area contributed by atoms with E-state index in [0.717, 1.165) is 44.8 Å². The SMILES string of the molecule is CCNCCC1(CCc2cc(F)c(F)cc2F)CCCC1. The van der Waals surface area contributed by atoms with Crippen molar-refractivity contribution in [1.82, 2.24) is 5.32 Å². The molecule has 0 atom stereocenters. The standard InChI is InChI=1S/C17H24F3N/c1-2-21-10-9-17(6-3-4-7-17)8-5-13-11-15(19)16(20)12-14(13)18/h11-12,21H,2-10H2,1H3. The van der Waals surface area contributed by atoms with Crippen LogP contribution in [0.25, 0.3) is 0 Å².